The van der Waals surface area contributed by atoms with Gasteiger partial charge in [0, 0.05) is 34.7 Å². The van der Waals surface area contributed by atoms with Crippen molar-refractivity contribution in [3.63, 3.8) is 0 Å². The van der Waals surface area contributed by atoms with E-state index in [1.807, 2.05) is 134 Å². The number of phenols is 2. The van der Waals surface area contributed by atoms with Gasteiger partial charge >= 0.3 is 37.9 Å². The van der Waals surface area contributed by atoms with Crippen LogP contribution in [0, 0.1) is 0 Å². The Balaban J connectivity index is 0.00000144. The van der Waals surface area contributed by atoms with E-state index in [4.69, 9.17) is 27.0 Å². The van der Waals surface area contributed by atoms with E-state index in [0.717, 1.165) is 70.2 Å². The number of halogens is 2. The second kappa shape index (κ2) is 18.3. The summed E-state index contributed by atoms with van der Waals surface area (Å²) >= 11 is -0.826. The Hall–Kier alpha value is -4.28. The summed E-state index contributed by atoms with van der Waals surface area (Å²) in [4.78, 5) is 10.1. The molecule has 0 heterocycles. The van der Waals surface area contributed by atoms with Gasteiger partial charge < -0.3 is 10.2 Å². The van der Waals surface area contributed by atoms with Crippen molar-refractivity contribution in [3.8, 4) is 56.0 Å². The van der Waals surface area contributed by atoms with Gasteiger partial charge in [-0.2, -0.15) is 0 Å². The van der Waals surface area contributed by atoms with Crippen LogP contribution in [0.1, 0.15) is 36.8 Å². The number of nitrogens with zero attached hydrogens (tertiary/aromatic N) is 2. The summed E-state index contributed by atoms with van der Waals surface area (Å²) in [5, 5.41) is 23.0. The summed E-state index contributed by atoms with van der Waals surface area (Å²) in [7, 11) is 9.87. The monoisotopic (exact) mass is 786 g/mol. The number of hydrogen-bond acceptors (Lipinski definition) is 4. The molecule has 1 saturated carbocycles. The van der Waals surface area contributed by atoms with Crippen molar-refractivity contribution < 1.29 is 31.1 Å². The van der Waals surface area contributed by atoms with Gasteiger partial charge in [-0.25, -0.2) is 0 Å². The van der Waals surface area contributed by atoms with Crippen molar-refractivity contribution in [2.45, 2.75) is 37.8 Å². The first kappa shape index (κ1) is 36.5. The number of rotatable bonds is 8. The predicted molar refractivity (Wildman–Crippen MR) is 211 cm³/mol. The van der Waals surface area contributed by atoms with Crippen molar-refractivity contribution >= 4 is 29.5 Å². The van der Waals surface area contributed by atoms with Crippen LogP contribution in [-0.4, -0.2) is 34.7 Å². The van der Waals surface area contributed by atoms with Crippen LogP contribution in [0.4, 0.5) is 0 Å². The van der Waals surface area contributed by atoms with Crippen LogP contribution in [-0.2, 0) is 20.8 Å². The average Bonchev–Trinajstić information content (AvgIpc) is 3.19. The van der Waals surface area contributed by atoms with Gasteiger partial charge in [-0.1, -0.05) is 134 Å². The zero-order chi connectivity index (χ0) is 35.4. The van der Waals surface area contributed by atoms with Crippen LogP contribution >= 0.6 is 17.0 Å². The fraction of sp³-hybridized carbons (Fsp3) is 0.136. The summed E-state index contributed by atoms with van der Waals surface area (Å²) in [6, 6.07) is 48.5. The van der Waals surface area contributed by atoms with E-state index in [9.17, 15) is 10.2 Å². The molecule has 6 aromatic rings. The molecule has 1 aliphatic rings. The van der Waals surface area contributed by atoms with Crippen LogP contribution in [0.5, 0.6) is 11.5 Å². The van der Waals surface area contributed by atoms with Gasteiger partial charge in [0.25, 0.3) is 0 Å². The number of aliphatic imine (C=N–C) groups is 2. The Bertz CT molecular complexity index is 1930. The topological polar surface area (TPSA) is 65.2 Å². The molecular weight excluding hydrogens is 751 g/mol. The van der Waals surface area contributed by atoms with Gasteiger partial charge in [-0.15, -0.1) is 0 Å². The van der Waals surface area contributed by atoms with Crippen LogP contribution < -0.4 is 0 Å². The van der Waals surface area contributed by atoms with Gasteiger partial charge in [0.2, 0.25) is 0 Å². The number of phenolic OH excluding ortho intramolecular Hbond substituents is 2. The summed E-state index contributed by atoms with van der Waals surface area (Å²) in [6.07, 6.45) is 7.63. The Morgan fingerprint density at radius 2 is 0.784 bits per heavy atom. The predicted octanol–water partition coefficient (Wildman–Crippen LogP) is 12.0. The van der Waals surface area contributed by atoms with E-state index < -0.39 is 20.8 Å². The second-order valence-corrected chi connectivity index (χ2v) is 16.2. The van der Waals surface area contributed by atoms with E-state index in [0.29, 0.717) is 11.1 Å². The summed E-state index contributed by atoms with van der Waals surface area (Å²) < 4.78 is 0. The molecule has 2 atom stereocenters. The molecular formula is C44H38Cl2N2O2Zr. The quantitative estimate of drug-likeness (QED) is 0.151. The van der Waals surface area contributed by atoms with Crippen LogP contribution in [0.3, 0.4) is 0 Å². The Morgan fingerprint density at radius 1 is 0.471 bits per heavy atom. The van der Waals surface area contributed by atoms with Crippen LogP contribution in [0.2, 0.25) is 0 Å². The molecule has 0 amide bonds. The summed E-state index contributed by atoms with van der Waals surface area (Å²) in [5.41, 5.74) is 9.04. The van der Waals surface area contributed by atoms with Gasteiger partial charge in [-0.05, 0) is 70.5 Å². The van der Waals surface area contributed by atoms with Gasteiger partial charge in [0.15, 0.2) is 0 Å². The van der Waals surface area contributed by atoms with Gasteiger partial charge in [-0.3, -0.25) is 9.98 Å². The molecule has 0 spiro atoms. The van der Waals surface area contributed by atoms with Crippen LogP contribution in [0.25, 0.3) is 44.5 Å². The Morgan fingerprint density at radius 3 is 1.12 bits per heavy atom. The SMILES string of the molecule is Oc1c(C=N[C@@H]2CCCC[C@H]2N=Cc2cc(-c3ccccc3)cc(-c3ccccc3)c2O)cc(-c2ccccc2)cc1-c1ccccc1.[Cl][Zr][Cl]. The van der Waals surface area contributed by atoms with E-state index in [1.54, 1.807) is 0 Å². The average molecular weight is 789 g/mol. The molecule has 254 valence electrons. The first-order chi connectivity index (χ1) is 25.1. The first-order valence-electron chi connectivity index (χ1n) is 17.0. The summed E-state index contributed by atoms with van der Waals surface area (Å²) in [6.45, 7) is 0. The molecule has 0 saturated heterocycles. The van der Waals surface area contributed by atoms with E-state index in [1.165, 1.54) is 0 Å². The van der Waals surface area contributed by atoms with E-state index in [2.05, 4.69) is 24.3 Å². The minimum atomic E-state index is -0.826. The molecule has 0 aliphatic heterocycles. The Labute approximate surface area is 318 Å². The molecule has 0 radical (unpaired) electrons. The minimum absolute atomic E-state index is 0.0389. The number of hydrogen-bond donors (Lipinski definition) is 2. The molecule has 2 N–H and O–H groups in total. The molecule has 4 nitrogen and oxygen atoms in total. The third kappa shape index (κ3) is 9.34. The fourth-order valence-electron chi connectivity index (χ4n) is 6.57. The molecule has 51 heavy (non-hydrogen) atoms. The van der Waals surface area contributed by atoms with Crippen molar-refractivity contribution in [2.24, 2.45) is 9.98 Å². The normalized spacial score (nSPS) is 15.7. The van der Waals surface area contributed by atoms with E-state index in [-0.39, 0.29) is 23.6 Å². The van der Waals surface area contributed by atoms with Crippen molar-refractivity contribution in [3.05, 3.63) is 157 Å². The molecule has 0 bridgehead atoms. The third-order valence-electron chi connectivity index (χ3n) is 9.17. The van der Waals surface area contributed by atoms with Crippen molar-refractivity contribution in [2.75, 3.05) is 0 Å². The maximum absolute atomic E-state index is 11.5. The standard InChI is InChI=1S/C44H38N2O2.2ClH.Zr/c47-43-37(25-35(31-15-5-1-6-16-31)27-39(43)33-19-9-3-10-20-33)29-45-41-23-13-14-24-42(41)46-30-38-26-36(32-17-7-2-8-18-32)28-40(44(38)48)34-21-11-4-12-22-34;;;/h1-12,15-22,25-30,41-42,47-48H,13-14,23-24H2;2*1H;/q;;;+2/p-2/t41-,42-;;;/m1.../s1. The zero-order valence-electron chi connectivity index (χ0n) is 28.0. The van der Waals surface area contributed by atoms with E-state index >= 15 is 0 Å². The van der Waals surface area contributed by atoms with Crippen molar-refractivity contribution in [1.29, 1.82) is 0 Å². The molecule has 7 rings (SSSR count). The first-order valence-corrected chi connectivity index (χ1v) is 23.4. The second-order valence-electron chi connectivity index (χ2n) is 12.4. The summed E-state index contributed by atoms with van der Waals surface area (Å²) in [5.74, 6) is 0.438. The third-order valence-corrected chi connectivity index (χ3v) is 9.17. The molecule has 6 aromatic carbocycles. The zero-order valence-corrected chi connectivity index (χ0v) is 32.0. The Kier molecular flexibility index (Phi) is 13.1. The van der Waals surface area contributed by atoms with Gasteiger partial charge in [0.05, 0.1) is 12.1 Å². The molecule has 0 unspecified atom stereocenters. The number of benzene rings is 6. The molecule has 1 aliphatic carbocycles. The van der Waals surface area contributed by atoms with Crippen molar-refractivity contribution in [1.82, 2.24) is 0 Å². The number of aromatic hydroxyl groups is 2. The van der Waals surface area contributed by atoms with Crippen LogP contribution in [0.15, 0.2) is 156 Å². The molecule has 0 aromatic heterocycles. The molecule has 1 fully saturated rings. The van der Waals surface area contributed by atoms with Gasteiger partial charge in [0.1, 0.15) is 11.5 Å². The molecule has 7 heteroatoms. The fourth-order valence-corrected chi connectivity index (χ4v) is 6.57. The maximum atomic E-state index is 11.5.